The van der Waals surface area contributed by atoms with Crippen molar-refractivity contribution in [3.8, 4) is 217 Å². The third kappa shape index (κ3) is 5.70. The molecule has 9 aromatic carbocycles. The monoisotopic (exact) mass is 1100 g/mol. The fourth-order valence-corrected chi connectivity index (χ4v) is 9.70. The molecular weight excluding hydrogens is 1070 g/mol. The smallest absolute Gasteiger partial charge is 0.208 e. The zero-order chi connectivity index (χ0) is 58.4. The molecule has 1 aromatic heterocycles. The molecule has 0 unspecified atom stereocenters. The molecule has 10 aromatic rings. The Morgan fingerprint density at radius 1 is 0.114 bits per heavy atom. The molecule has 0 fully saturated rings. The summed E-state index contributed by atoms with van der Waals surface area (Å²) >= 11 is 0. The number of hydrogen-bond acceptors (Lipinski definition) is 31. The molecule has 30 N–H and O–H groups in total. The van der Waals surface area contributed by atoms with Crippen LogP contribution in [0.1, 0.15) is 0 Å². The maximum absolute atomic E-state index is 12.0. The molecule has 79 heavy (non-hydrogen) atoms. The van der Waals surface area contributed by atoms with Gasteiger partial charge in [-0.05, 0) is 0 Å². The van der Waals surface area contributed by atoms with Gasteiger partial charge in [-0.15, -0.1) is 0 Å². The summed E-state index contributed by atoms with van der Waals surface area (Å²) in [4.78, 5) is 0. The predicted octanol–water partition coefficient (Wildman–Crippen LogP) is 4.88. The highest BCUT2D eigenvalue weighted by molar-refractivity contribution is 6.31. The summed E-state index contributed by atoms with van der Waals surface area (Å²) in [5.74, 6) is -51.6. The number of phenolic OH excluding ortho intramolecular Hbond substituents is 30. The Bertz CT molecular complexity index is 4420. The molecular formula is C48H30O31. The quantitative estimate of drug-likeness (QED) is 0.0634. The normalized spacial score (nSPS) is 11.8. The summed E-state index contributed by atoms with van der Waals surface area (Å²) in [6, 6.07) is 0. The molecule has 0 saturated carbocycles. The summed E-state index contributed by atoms with van der Waals surface area (Å²) in [6.45, 7) is 0. The second-order valence-corrected chi connectivity index (χ2v) is 17.2. The van der Waals surface area contributed by atoms with E-state index in [1.807, 2.05) is 0 Å². The van der Waals surface area contributed by atoms with Crippen molar-refractivity contribution < 1.29 is 158 Å². The van der Waals surface area contributed by atoms with Crippen LogP contribution in [0.3, 0.4) is 0 Å². The minimum atomic E-state index is -1.96. The largest absolute Gasteiger partial charge is 0.506 e. The number of furan rings is 1. The van der Waals surface area contributed by atoms with Crippen molar-refractivity contribution in [2.24, 2.45) is 0 Å². The van der Waals surface area contributed by atoms with Crippen LogP contribution < -0.4 is 0 Å². The Labute approximate surface area is 428 Å². The number of benzene rings is 9. The van der Waals surface area contributed by atoms with E-state index in [0.717, 1.165) is 0 Å². The van der Waals surface area contributed by atoms with Crippen molar-refractivity contribution in [2.45, 2.75) is 0 Å². The number of aromatic hydroxyl groups is 30. The zero-order valence-corrected chi connectivity index (χ0v) is 37.8. The molecule has 0 amide bonds. The lowest BCUT2D eigenvalue weighted by Crippen LogP contribution is -1.97. The fraction of sp³-hybridized carbons (Fsp3) is 0. The van der Waals surface area contributed by atoms with E-state index in [1.54, 1.807) is 0 Å². The molecule has 31 heteroatoms. The number of phenols is 30. The van der Waals surface area contributed by atoms with Crippen LogP contribution in [0.25, 0.3) is 98.8 Å². The number of fused-ring (bicyclic) bond motifs is 6. The molecule has 0 bridgehead atoms. The Morgan fingerprint density at radius 3 is 0.595 bits per heavy atom. The van der Waals surface area contributed by atoms with Crippen molar-refractivity contribution >= 4 is 54.3 Å². The molecule has 0 aliphatic rings. The molecule has 10 rings (SSSR count). The topological polar surface area (TPSA) is 620 Å². The van der Waals surface area contributed by atoms with Gasteiger partial charge in [0.05, 0.1) is 54.9 Å². The van der Waals surface area contributed by atoms with Crippen molar-refractivity contribution in [1.29, 1.82) is 0 Å². The van der Waals surface area contributed by atoms with Crippen LogP contribution in [-0.4, -0.2) is 153 Å². The lowest BCUT2D eigenvalue weighted by molar-refractivity contribution is 0.329. The Balaban J connectivity index is 1.37. The first-order chi connectivity index (χ1) is 36.8. The van der Waals surface area contributed by atoms with Crippen LogP contribution >= 0.6 is 0 Å². The highest BCUT2D eigenvalue weighted by Crippen LogP contribution is 2.71. The van der Waals surface area contributed by atoms with Crippen LogP contribution in [0.5, 0.6) is 172 Å². The van der Waals surface area contributed by atoms with Gasteiger partial charge in [0, 0.05) is 32.7 Å². The van der Waals surface area contributed by atoms with Gasteiger partial charge >= 0.3 is 0 Å². The lowest BCUT2D eigenvalue weighted by atomic mass is 9.81. The van der Waals surface area contributed by atoms with E-state index in [-0.39, 0.29) is 0 Å². The highest BCUT2D eigenvalue weighted by atomic mass is 16.4. The van der Waals surface area contributed by atoms with Gasteiger partial charge in [-0.2, -0.15) is 0 Å². The maximum Gasteiger partial charge on any atom is 0.208 e. The molecule has 0 spiro atoms. The first-order valence-corrected chi connectivity index (χ1v) is 21.1. The molecule has 0 aliphatic carbocycles. The van der Waals surface area contributed by atoms with E-state index in [1.165, 1.54) is 0 Å². The van der Waals surface area contributed by atoms with E-state index >= 15 is 0 Å². The van der Waals surface area contributed by atoms with E-state index < -0.39 is 271 Å². The van der Waals surface area contributed by atoms with Gasteiger partial charge in [0.1, 0.15) is 11.5 Å². The van der Waals surface area contributed by atoms with Crippen LogP contribution in [0, 0.1) is 0 Å². The summed E-state index contributed by atoms with van der Waals surface area (Å²) in [6.07, 6.45) is 0. The van der Waals surface area contributed by atoms with E-state index in [4.69, 9.17) is 4.42 Å². The average molecular weight is 1100 g/mol. The maximum atomic E-state index is 12.0. The standard InChI is InChI=1S/C48H30O31/c49-17-9(35(67)46(78)48-16(17)15-18(50)10-14(36(68)47(15)79-48)34(66)42(74)41(73)31(10)63)11-27(59)23(55)7(24(56)28(11)60)1-3-5(21(53)39(71)37(69)19(3)51)2(6-4(1)20(52)38(70)40(72)22(6)54)8-25(57)29(61)12(30(62)26(8)58)13-32(64)43(75)45(77)44(76)33(13)65/h49-78H. The van der Waals surface area contributed by atoms with Crippen molar-refractivity contribution in [3.63, 3.8) is 0 Å². The Morgan fingerprint density at radius 2 is 0.291 bits per heavy atom. The second-order valence-electron chi connectivity index (χ2n) is 17.2. The van der Waals surface area contributed by atoms with E-state index in [9.17, 15) is 153 Å². The van der Waals surface area contributed by atoms with Gasteiger partial charge in [0.2, 0.25) is 57.5 Å². The van der Waals surface area contributed by atoms with Gasteiger partial charge in [-0.3, -0.25) is 0 Å². The minimum Gasteiger partial charge on any atom is -0.506 e. The molecule has 0 radical (unpaired) electrons. The Kier molecular flexibility index (Phi) is 9.86. The first kappa shape index (κ1) is 50.1. The predicted molar refractivity (Wildman–Crippen MR) is 258 cm³/mol. The van der Waals surface area contributed by atoms with Gasteiger partial charge < -0.3 is 158 Å². The summed E-state index contributed by atoms with van der Waals surface area (Å²) < 4.78 is 5.37. The van der Waals surface area contributed by atoms with Crippen LogP contribution in [-0.2, 0) is 0 Å². The van der Waals surface area contributed by atoms with Crippen molar-refractivity contribution in [2.75, 3.05) is 0 Å². The molecule has 1 heterocycles. The third-order valence-electron chi connectivity index (χ3n) is 13.3. The van der Waals surface area contributed by atoms with Gasteiger partial charge in [-0.1, -0.05) is 0 Å². The number of hydrogen-bond donors (Lipinski definition) is 30. The van der Waals surface area contributed by atoms with Gasteiger partial charge in [0.25, 0.3) is 0 Å². The summed E-state index contributed by atoms with van der Waals surface area (Å²) in [5.41, 5.74) is -14.6. The highest BCUT2D eigenvalue weighted by Gasteiger charge is 2.42. The SMILES string of the molecule is Oc1c(O)c(O)c(-c2c(O)c(O)c(-c3c4c(O)c(O)c(O)c(O)c4c(-c4c(O)c(O)c(-c5c(O)c(O)c6oc7c(O)c8c(O)c(O)c(O)c(O)c8c(O)c7c6c5O)c(O)c4O)c4c(O)c(O)c(O)c(O)c34)c(O)c2O)c(O)c1O. The summed E-state index contributed by atoms with van der Waals surface area (Å²) in [7, 11) is 0. The molecule has 0 aliphatic heterocycles. The average Bonchev–Trinajstić information content (AvgIpc) is 4.01. The minimum absolute atomic E-state index is 1.00. The number of rotatable bonds is 4. The molecule has 31 nitrogen and oxygen atoms in total. The zero-order valence-electron chi connectivity index (χ0n) is 37.8. The second kappa shape index (κ2) is 15.6. The fourth-order valence-electron chi connectivity index (χ4n) is 9.70. The van der Waals surface area contributed by atoms with Crippen LogP contribution in [0.2, 0.25) is 0 Å². The van der Waals surface area contributed by atoms with E-state index in [0.29, 0.717) is 0 Å². The first-order valence-electron chi connectivity index (χ1n) is 21.1. The van der Waals surface area contributed by atoms with Gasteiger partial charge in [-0.25, -0.2) is 0 Å². The van der Waals surface area contributed by atoms with Crippen molar-refractivity contribution in [1.82, 2.24) is 0 Å². The van der Waals surface area contributed by atoms with Crippen molar-refractivity contribution in [3.05, 3.63) is 0 Å². The molecule has 0 atom stereocenters. The molecule has 0 saturated heterocycles. The molecule has 408 valence electrons. The summed E-state index contributed by atoms with van der Waals surface area (Å²) in [5, 5.41) is 324. The lowest BCUT2D eigenvalue weighted by Gasteiger charge is -2.25. The van der Waals surface area contributed by atoms with Crippen LogP contribution in [0.4, 0.5) is 0 Å². The van der Waals surface area contributed by atoms with Crippen LogP contribution in [0.15, 0.2) is 4.42 Å². The third-order valence-corrected chi connectivity index (χ3v) is 13.3. The van der Waals surface area contributed by atoms with E-state index in [2.05, 4.69) is 0 Å². The van der Waals surface area contributed by atoms with Gasteiger partial charge in [0.15, 0.2) is 115 Å². The Hall–Kier alpha value is -12.4.